The number of aliphatic hydroxyl groups excluding tert-OH is 1. The third-order valence-corrected chi connectivity index (χ3v) is 4.04. The maximum atomic E-state index is 12.0. The molecule has 0 spiro atoms. The number of hydrogen-bond acceptors (Lipinski definition) is 5. The first-order valence-corrected chi connectivity index (χ1v) is 7.23. The molecular formula is C16H21NO5. The zero-order chi connectivity index (χ0) is 16.2. The zero-order valence-electron chi connectivity index (χ0n) is 12.7. The highest BCUT2D eigenvalue weighted by molar-refractivity contribution is 5.82. The summed E-state index contributed by atoms with van der Waals surface area (Å²) < 4.78 is 4.91. The van der Waals surface area contributed by atoms with Gasteiger partial charge in [0.25, 0.3) is 5.91 Å². The van der Waals surface area contributed by atoms with Crippen molar-refractivity contribution >= 4 is 11.9 Å². The van der Waals surface area contributed by atoms with Crippen molar-refractivity contribution in [3.63, 3.8) is 0 Å². The number of ether oxygens (including phenoxy) is 1. The molecular weight excluding hydrogens is 286 g/mol. The van der Waals surface area contributed by atoms with Gasteiger partial charge in [0, 0.05) is 5.41 Å². The smallest absolute Gasteiger partial charge is 0.309 e. The van der Waals surface area contributed by atoms with Gasteiger partial charge in [-0.3, -0.25) is 14.4 Å². The maximum Gasteiger partial charge on any atom is 0.309 e. The van der Waals surface area contributed by atoms with E-state index in [0.29, 0.717) is 13.0 Å². The van der Waals surface area contributed by atoms with Crippen LogP contribution in [-0.4, -0.2) is 29.7 Å². The molecule has 0 radical (unpaired) electrons. The topological polar surface area (TPSA) is 84.9 Å². The first-order chi connectivity index (χ1) is 10.4. The molecule has 0 saturated carbocycles. The Morgan fingerprint density at radius 1 is 1.45 bits per heavy atom. The number of nitrogens with one attached hydrogen (secondary N) is 1. The number of esters is 1. The predicted octanol–water partition coefficient (Wildman–Crippen LogP) is 1.18. The van der Waals surface area contributed by atoms with Crippen molar-refractivity contribution in [3.05, 3.63) is 35.9 Å². The van der Waals surface area contributed by atoms with E-state index in [1.165, 1.54) is 0 Å². The number of amides is 1. The number of cyclic esters (lactones) is 1. The number of rotatable bonds is 6. The highest BCUT2D eigenvalue weighted by Crippen LogP contribution is 2.37. The quantitative estimate of drug-likeness (QED) is 0.609. The van der Waals surface area contributed by atoms with E-state index < -0.39 is 23.3 Å². The van der Waals surface area contributed by atoms with Crippen LogP contribution >= 0.6 is 0 Å². The van der Waals surface area contributed by atoms with E-state index in [1.54, 1.807) is 13.8 Å². The lowest BCUT2D eigenvalue weighted by atomic mass is 9.73. The first-order valence-electron chi connectivity index (χ1n) is 7.23. The summed E-state index contributed by atoms with van der Waals surface area (Å²) in [4.78, 5) is 28.8. The summed E-state index contributed by atoms with van der Waals surface area (Å²) in [7, 11) is 0. The Bertz CT molecular complexity index is 529. The number of hydrogen-bond donors (Lipinski definition) is 2. The van der Waals surface area contributed by atoms with E-state index in [9.17, 15) is 14.7 Å². The van der Waals surface area contributed by atoms with Crippen LogP contribution in [0.4, 0.5) is 0 Å². The highest BCUT2D eigenvalue weighted by Gasteiger charge is 2.47. The molecule has 2 atom stereocenters. The van der Waals surface area contributed by atoms with Crippen molar-refractivity contribution in [1.29, 1.82) is 0 Å². The summed E-state index contributed by atoms with van der Waals surface area (Å²) in [5, 5.41) is 10.2. The van der Waals surface area contributed by atoms with Crippen LogP contribution in [-0.2, 0) is 25.8 Å². The molecule has 1 saturated heterocycles. The third kappa shape index (κ3) is 3.64. The maximum absolute atomic E-state index is 12.0. The molecule has 1 aromatic rings. The van der Waals surface area contributed by atoms with Crippen LogP contribution in [0, 0.1) is 11.3 Å². The van der Waals surface area contributed by atoms with Gasteiger partial charge < -0.3 is 9.84 Å². The molecule has 1 aliphatic rings. The molecule has 1 amide bonds. The minimum absolute atomic E-state index is 0.200. The van der Waals surface area contributed by atoms with Crippen LogP contribution in [0.15, 0.2) is 30.3 Å². The predicted molar refractivity (Wildman–Crippen MR) is 78.2 cm³/mol. The molecule has 120 valence electrons. The van der Waals surface area contributed by atoms with Crippen molar-refractivity contribution in [2.24, 2.45) is 11.3 Å². The fourth-order valence-corrected chi connectivity index (χ4v) is 2.52. The summed E-state index contributed by atoms with van der Waals surface area (Å²) >= 11 is 0. The van der Waals surface area contributed by atoms with Crippen LogP contribution in [0.5, 0.6) is 0 Å². The summed E-state index contributed by atoms with van der Waals surface area (Å²) in [6.07, 6.45) is -0.861. The largest absolute Gasteiger partial charge is 0.465 e. The van der Waals surface area contributed by atoms with Gasteiger partial charge in [-0.15, -0.1) is 0 Å². The van der Waals surface area contributed by atoms with Crippen molar-refractivity contribution in [3.8, 4) is 0 Å². The molecule has 6 nitrogen and oxygen atoms in total. The zero-order valence-corrected chi connectivity index (χ0v) is 12.7. The lowest BCUT2D eigenvalue weighted by Crippen LogP contribution is -2.48. The molecule has 0 aromatic heterocycles. The number of carbonyl (C=O) groups is 2. The Morgan fingerprint density at radius 2 is 2.14 bits per heavy atom. The van der Waals surface area contributed by atoms with Crippen LogP contribution in [0.25, 0.3) is 0 Å². The van der Waals surface area contributed by atoms with Crippen LogP contribution in [0.1, 0.15) is 25.8 Å². The van der Waals surface area contributed by atoms with Gasteiger partial charge in [0.1, 0.15) is 6.10 Å². The molecule has 1 fully saturated rings. The average molecular weight is 307 g/mol. The fraction of sp³-hybridized carbons (Fsp3) is 0.500. The van der Waals surface area contributed by atoms with E-state index >= 15 is 0 Å². The van der Waals surface area contributed by atoms with Crippen molar-refractivity contribution in [2.75, 3.05) is 6.61 Å². The Labute approximate surface area is 129 Å². The molecule has 0 unspecified atom stereocenters. The van der Waals surface area contributed by atoms with Gasteiger partial charge in [-0.2, -0.15) is 0 Å². The highest BCUT2D eigenvalue weighted by atomic mass is 16.7. The van der Waals surface area contributed by atoms with E-state index in [4.69, 9.17) is 9.57 Å². The van der Waals surface area contributed by atoms with Gasteiger partial charge in [0.2, 0.25) is 0 Å². The van der Waals surface area contributed by atoms with E-state index in [2.05, 4.69) is 5.48 Å². The van der Waals surface area contributed by atoms with Crippen molar-refractivity contribution < 1.29 is 24.3 Å². The standard InChI is InChI=1S/C16H21NO5/c1-16(2,12-8-9-21-15(12)20)13(18)14(19)17-22-10-11-6-4-3-5-7-11/h3-7,12-13,18H,8-10H2,1-2H3,(H,17,19)/t12-,13+/m0/s1. The van der Waals surface area contributed by atoms with Crippen LogP contribution < -0.4 is 5.48 Å². The second kappa shape index (κ2) is 6.89. The van der Waals surface area contributed by atoms with Gasteiger partial charge in [-0.25, -0.2) is 5.48 Å². The monoisotopic (exact) mass is 307 g/mol. The van der Waals surface area contributed by atoms with Gasteiger partial charge in [-0.05, 0) is 12.0 Å². The molecule has 1 aromatic carbocycles. The Morgan fingerprint density at radius 3 is 2.73 bits per heavy atom. The number of hydroxylamine groups is 1. The van der Waals surface area contributed by atoms with E-state index in [-0.39, 0.29) is 12.6 Å². The van der Waals surface area contributed by atoms with Crippen LogP contribution in [0.3, 0.4) is 0 Å². The first kappa shape index (κ1) is 16.5. The SMILES string of the molecule is CC(C)([C@H](O)C(=O)NOCc1ccccc1)[C@H]1CCOC1=O. The number of aliphatic hydroxyl groups is 1. The summed E-state index contributed by atoms with van der Waals surface area (Å²) in [5.74, 6) is -1.54. The van der Waals surface area contributed by atoms with Crippen molar-refractivity contribution in [1.82, 2.24) is 5.48 Å². The second-order valence-electron chi connectivity index (χ2n) is 5.97. The number of benzene rings is 1. The van der Waals surface area contributed by atoms with E-state index in [0.717, 1.165) is 5.56 Å². The average Bonchev–Trinajstić information content (AvgIpc) is 2.94. The summed E-state index contributed by atoms with van der Waals surface area (Å²) in [5.41, 5.74) is 2.21. The Balaban J connectivity index is 1.87. The van der Waals surface area contributed by atoms with Gasteiger partial charge in [0.15, 0.2) is 0 Å². The molecule has 0 aliphatic carbocycles. The molecule has 6 heteroatoms. The lowest BCUT2D eigenvalue weighted by Gasteiger charge is -2.32. The lowest BCUT2D eigenvalue weighted by molar-refractivity contribution is -0.156. The molecule has 1 heterocycles. The second-order valence-corrected chi connectivity index (χ2v) is 5.97. The van der Waals surface area contributed by atoms with Gasteiger partial charge >= 0.3 is 5.97 Å². The van der Waals surface area contributed by atoms with Gasteiger partial charge in [0.05, 0.1) is 19.1 Å². The minimum Gasteiger partial charge on any atom is -0.465 e. The molecule has 2 N–H and O–H groups in total. The summed E-state index contributed by atoms with van der Waals surface area (Å²) in [6.45, 7) is 3.87. The van der Waals surface area contributed by atoms with Gasteiger partial charge in [-0.1, -0.05) is 44.2 Å². The Hall–Kier alpha value is -1.92. The Kier molecular flexibility index (Phi) is 5.15. The van der Waals surface area contributed by atoms with Crippen LogP contribution in [0.2, 0.25) is 0 Å². The molecule has 22 heavy (non-hydrogen) atoms. The number of carbonyl (C=O) groups excluding carboxylic acids is 2. The normalized spacial score (nSPS) is 19.6. The summed E-state index contributed by atoms with van der Waals surface area (Å²) in [6, 6.07) is 9.34. The molecule has 2 rings (SSSR count). The third-order valence-electron chi connectivity index (χ3n) is 4.04. The molecule has 1 aliphatic heterocycles. The van der Waals surface area contributed by atoms with Crippen molar-refractivity contribution in [2.45, 2.75) is 33.0 Å². The van der Waals surface area contributed by atoms with E-state index in [1.807, 2.05) is 30.3 Å². The minimum atomic E-state index is -1.36. The fourth-order valence-electron chi connectivity index (χ4n) is 2.52. The molecule has 0 bridgehead atoms.